The highest BCUT2D eigenvalue weighted by Gasteiger charge is 2.29. The van der Waals surface area contributed by atoms with Crippen LogP contribution in [0.2, 0.25) is 0 Å². The van der Waals surface area contributed by atoms with Crippen LogP contribution < -0.4 is 0 Å². The summed E-state index contributed by atoms with van der Waals surface area (Å²) in [6, 6.07) is 55.2. The topological polar surface area (TPSA) is 56.7 Å². The zero-order chi connectivity index (χ0) is 33.9. The van der Waals surface area contributed by atoms with E-state index in [2.05, 4.69) is 138 Å². The van der Waals surface area contributed by atoms with E-state index in [1.165, 1.54) is 49.0 Å². The zero-order valence-corrected chi connectivity index (χ0v) is 27.7. The zero-order valence-electron chi connectivity index (χ0n) is 27.7. The second-order valence-corrected chi connectivity index (χ2v) is 13.5. The first-order valence-corrected chi connectivity index (χ1v) is 17.5. The minimum Gasteiger partial charge on any atom is -0.456 e. The number of aromatic nitrogens is 4. The van der Waals surface area contributed by atoms with Gasteiger partial charge < -0.3 is 4.42 Å². The molecule has 0 atom stereocenters. The molecule has 0 saturated heterocycles. The Morgan fingerprint density at radius 1 is 0.365 bits per heavy atom. The Labute approximate surface area is 297 Å². The summed E-state index contributed by atoms with van der Waals surface area (Å²) in [6.45, 7) is 0. The van der Waals surface area contributed by atoms with Gasteiger partial charge in [-0.2, -0.15) is 9.97 Å². The highest BCUT2D eigenvalue weighted by atomic mass is 16.3. The van der Waals surface area contributed by atoms with E-state index in [0.29, 0.717) is 17.6 Å². The summed E-state index contributed by atoms with van der Waals surface area (Å²) >= 11 is 0. The maximum atomic E-state index is 6.55. The number of furan rings is 1. The lowest BCUT2D eigenvalue weighted by Gasteiger charge is -2.14. The quantitative estimate of drug-likeness (QED) is 0.176. The van der Waals surface area contributed by atoms with Crippen LogP contribution in [0.1, 0.15) is 0 Å². The molecule has 0 radical (unpaired) electrons. The SMILES string of the molecule is c1ccc(-c2ccc(-c3nc(-c4ccccc4)nc(-n4c5cccc6c5c5c7c(ccc8oc9cccc-6c9c87)c6ccccc6c54)n3)cc2)cc1. The average molecular weight is 663 g/mol. The van der Waals surface area contributed by atoms with Crippen molar-refractivity contribution in [3.8, 4) is 51.0 Å². The molecule has 0 fully saturated rings. The molecule has 0 aliphatic heterocycles. The van der Waals surface area contributed by atoms with Crippen LogP contribution in [-0.2, 0) is 0 Å². The summed E-state index contributed by atoms with van der Waals surface area (Å²) in [5.41, 5.74) is 10.5. The minimum atomic E-state index is 0.580. The van der Waals surface area contributed by atoms with Crippen molar-refractivity contribution in [2.75, 3.05) is 0 Å². The van der Waals surface area contributed by atoms with Crippen molar-refractivity contribution in [2.45, 2.75) is 0 Å². The van der Waals surface area contributed by atoms with Gasteiger partial charge in [-0.3, -0.25) is 4.57 Å². The van der Waals surface area contributed by atoms with E-state index in [1.807, 2.05) is 24.3 Å². The molecule has 11 aromatic rings. The molecule has 0 unspecified atom stereocenters. The van der Waals surface area contributed by atoms with Crippen LogP contribution in [0.4, 0.5) is 0 Å². The van der Waals surface area contributed by atoms with Crippen molar-refractivity contribution in [1.29, 1.82) is 0 Å². The molecule has 3 heterocycles. The van der Waals surface area contributed by atoms with Gasteiger partial charge in [0.15, 0.2) is 11.6 Å². The molecule has 240 valence electrons. The third-order valence-electron chi connectivity index (χ3n) is 10.8. The molecule has 0 N–H and O–H groups in total. The van der Waals surface area contributed by atoms with Crippen LogP contribution in [0.25, 0.3) is 116 Å². The monoisotopic (exact) mass is 662 g/mol. The predicted molar refractivity (Wildman–Crippen MR) is 212 cm³/mol. The second-order valence-electron chi connectivity index (χ2n) is 13.5. The van der Waals surface area contributed by atoms with E-state index in [0.717, 1.165) is 49.7 Å². The van der Waals surface area contributed by atoms with Crippen LogP contribution in [0, 0.1) is 0 Å². The number of rotatable bonds is 4. The predicted octanol–water partition coefficient (Wildman–Crippen LogP) is 12.2. The molecule has 5 heteroatoms. The van der Waals surface area contributed by atoms with Crippen molar-refractivity contribution in [3.63, 3.8) is 0 Å². The first kappa shape index (κ1) is 27.7. The molecule has 8 aromatic carbocycles. The highest BCUT2D eigenvalue weighted by Crippen LogP contribution is 2.52. The largest absolute Gasteiger partial charge is 0.456 e. The van der Waals surface area contributed by atoms with Gasteiger partial charge in [-0.1, -0.05) is 133 Å². The second kappa shape index (κ2) is 10.2. The van der Waals surface area contributed by atoms with Crippen LogP contribution in [0.3, 0.4) is 0 Å². The van der Waals surface area contributed by atoms with Gasteiger partial charge in [-0.25, -0.2) is 4.98 Å². The van der Waals surface area contributed by atoms with E-state index >= 15 is 0 Å². The Kier molecular flexibility index (Phi) is 5.44. The van der Waals surface area contributed by atoms with E-state index in [1.54, 1.807) is 0 Å². The van der Waals surface area contributed by atoms with Crippen molar-refractivity contribution in [2.24, 2.45) is 0 Å². The van der Waals surface area contributed by atoms with Crippen molar-refractivity contribution >= 4 is 65.3 Å². The first-order valence-electron chi connectivity index (χ1n) is 17.5. The lowest BCUT2D eigenvalue weighted by atomic mass is 9.94. The van der Waals surface area contributed by atoms with Gasteiger partial charge >= 0.3 is 0 Å². The van der Waals surface area contributed by atoms with Gasteiger partial charge in [0.05, 0.1) is 11.0 Å². The molecule has 12 rings (SSSR count). The molecule has 5 nitrogen and oxygen atoms in total. The minimum absolute atomic E-state index is 0.580. The smallest absolute Gasteiger partial charge is 0.238 e. The van der Waals surface area contributed by atoms with Crippen molar-refractivity contribution in [3.05, 3.63) is 158 Å². The third kappa shape index (κ3) is 3.69. The molecule has 0 saturated carbocycles. The van der Waals surface area contributed by atoms with E-state index in [9.17, 15) is 0 Å². The van der Waals surface area contributed by atoms with Crippen LogP contribution in [0.15, 0.2) is 162 Å². The Morgan fingerprint density at radius 2 is 0.962 bits per heavy atom. The van der Waals surface area contributed by atoms with Gasteiger partial charge in [0, 0.05) is 43.4 Å². The molecule has 0 spiro atoms. The van der Waals surface area contributed by atoms with E-state index in [4.69, 9.17) is 19.4 Å². The molecule has 1 aliphatic rings. The molecule has 3 aromatic heterocycles. The average Bonchev–Trinajstić information content (AvgIpc) is 3.74. The van der Waals surface area contributed by atoms with E-state index < -0.39 is 0 Å². The molecule has 0 bridgehead atoms. The number of hydrogen-bond acceptors (Lipinski definition) is 4. The van der Waals surface area contributed by atoms with E-state index in [-0.39, 0.29) is 0 Å². The van der Waals surface area contributed by atoms with Gasteiger partial charge in [0.1, 0.15) is 11.2 Å². The summed E-state index contributed by atoms with van der Waals surface area (Å²) in [5, 5.41) is 9.47. The van der Waals surface area contributed by atoms with Gasteiger partial charge in [-0.15, -0.1) is 0 Å². The van der Waals surface area contributed by atoms with Gasteiger partial charge in [0.2, 0.25) is 5.95 Å². The first-order chi connectivity index (χ1) is 25.8. The summed E-state index contributed by atoms with van der Waals surface area (Å²) < 4.78 is 8.82. The van der Waals surface area contributed by atoms with Crippen molar-refractivity contribution in [1.82, 2.24) is 19.5 Å². The fourth-order valence-corrected chi connectivity index (χ4v) is 8.57. The fourth-order valence-electron chi connectivity index (χ4n) is 8.57. The molecule has 1 aliphatic carbocycles. The lowest BCUT2D eigenvalue weighted by molar-refractivity contribution is 0.669. The number of benzene rings is 8. The van der Waals surface area contributed by atoms with Gasteiger partial charge in [0.25, 0.3) is 0 Å². The molecular formula is C47H26N4O. The van der Waals surface area contributed by atoms with Gasteiger partial charge in [-0.05, 0) is 57.3 Å². The van der Waals surface area contributed by atoms with Crippen LogP contribution >= 0.6 is 0 Å². The van der Waals surface area contributed by atoms with Crippen LogP contribution in [0.5, 0.6) is 0 Å². The number of hydrogen-bond donors (Lipinski definition) is 0. The summed E-state index contributed by atoms with van der Waals surface area (Å²) in [7, 11) is 0. The third-order valence-corrected chi connectivity index (χ3v) is 10.8. The van der Waals surface area contributed by atoms with Crippen molar-refractivity contribution < 1.29 is 4.42 Å². The normalized spacial score (nSPS) is 12.2. The Bertz CT molecular complexity index is 3270. The summed E-state index contributed by atoms with van der Waals surface area (Å²) in [6.07, 6.45) is 0. The standard InChI is InChI=1S/C47H26N4O/c1-3-11-27(12-4-1)28-21-23-30(24-22-28)46-48-45(29-13-5-2-6-14-29)49-47(50-46)51-36-19-9-17-32-33-18-10-20-37-40(33)42-38(52-37)26-25-34-31-15-7-8-16-35(31)44(51)43(39(32)36)41(34)42/h1-26H. The Hall–Kier alpha value is -7.11. The summed E-state index contributed by atoms with van der Waals surface area (Å²) in [5.74, 6) is 1.83. The lowest BCUT2D eigenvalue weighted by Crippen LogP contribution is -2.06. The Balaban J connectivity index is 1.24. The maximum absolute atomic E-state index is 6.55. The molecular weight excluding hydrogens is 637 g/mol. The number of fused-ring (bicyclic) bond motifs is 4. The fraction of sp³-hybridized carbons (Fsp3) is 0. The highest BCUT2D eigenvalue weighted by molar-refractivity contribution is 6.42. The molecule has 52 heavy (non-hydrogen) atoms. The maximum Gasteiger partial charge on any atom is 0.238 e. The summed E-state index contributed by atoms with van der Waals surface area (Å²) in [4.78, 5) is 15.7. The van der Waals surface area contributed by atoms with Crippen LogP contribution in [-0.4, -0.2) is 19.5 Å². The Morgan fingerprint density at radius 3 is 1.73 bits per heavy atom. The number of nitrogens with zero attached hydrogens (tertiary/aromatic N) is 4. The molecule has 0 amide bonds.